The van der Waals surface area contributed by atoms with Crippen molar-refractivity contribution in [3.05, 3.63) is 39.9 Å². The lowest BCUT2D eigenvalue weighted by Gasteiger charge is -2.23. The van der Waals surface area contributed by atoms with Gasteiger partial charge in [0.1, 0.15) is 0 Å². The van der Waals surface area contributed by atoms with Gasteiger partial charge in [-0.15, -0.1) is 0 Å². The van der Waals surface area contributed by atoms with Gasteiger partial charge >= 0.3 is 11.9 Å². The van der Waals surface area contributed by atoms with Gasteiger partial charge < -0.3 is 9.47 Å². The van der Waals surface area contributed by atoms with Crippen LogP contribution in [0, 0.1) is 16.0 Å². The van der Waals surface area contributed by atoms with Crippen LogP contribution in [0.15, 0.2) is 24.3 Å². The Morgan fingerprint density at radius 3 is 2.13 bits per heavy atom. The predicted octanol–water partition coefficient (Wildman–Crippen LogP) is 2.83. The molecule has 1 atom stereocenters. The maximum absolute atomic E-state index is 12.2. The largest absolute Gasteiger partial charge is 0.465 e. The zero-order valence-corrected chi connectivity index (χ0v) is 13.5. The monoisotopic (exact) mass is 323 g/mol. The molecule has 0 amide bonds. The minimum Gasteiger partial charge on any atom is -0.465 e. The summed E-state index contributed by atoms with van der Waals surface area (Å²) in [5, 5.41) is 10.9. The summed E-state index contributed by atoms with van der Waals surface area (Å²) in [5.74, 6) is -3.04. The molecular weight excluding hydrogens is 302 g/mol. The fraction of sp³-hybridized carbons (Fsp3) is 0.500. The van der Waals surface area contributed by atoms with Gasteiger partial charge in [0.05, 0.1) is 18.1 Å². The topological polar surface area (TPSA) is 95.7 Å². The third kappa shape index (κ3) is 4.77. The van der Waals surface area contributed by atoms with E-state index in [2.05, 4.69) is 0 Å². The molecule has 0 bridgehead atoms. The van der Waals surface area contributed by atoms with Gasteiger partial charge in [0, 0.05) is 18.1 Å². The number of hydrogen-bond acceptors (Lipinski definition) is 6. The normalized spacial score (nSPS) is 11.8. The summed E-state index contributed by atoms with van der Waals surface area (Å²) in [4.78, 5) is 34.8. The number of non-ortho nitro benzene ring substituents is 1. The quantitative estimate of drug-likeness (QED) is 0.316. The van der Waals surface area contributed by atoms with E-state index in [1.165, 1.54) is 18.2 Å². The Bertz CT molecular complexity index is 553. The minimum absolute atomic E-state index is 0.0904. The van der Waals surface area contributed by atoms with E-state index in [0.29, 0.717) is 12.0 Å². The molecule has 23 heavy (non-hydrogen) atoms. The first kappa shape index (κ1) is 18.6. The first-order chi connectivity index (χ1) is 11.0. The Morgan fingerprint density at radius 1 is 1.13 bits per heavy atom. The highest BCUT2D eigenvalue weighted by Crippen LogP contribution is 2.32. The molecule has 0 aromatic heterocycles. The second-order valence-corrected chi connectivity index (χ2v) is 4.85. The average Bonchev–Trinajstić information content (AvgIpc) is 2.52. The molecule has 0 fully saturated rings. The SMILES string of the molecule is CCOC(=O)C(C(=O)OCC)C(CC)c1cccc([N+](=O)[O-])c1. The van der Waals surface area contributed by atoms with Crippen LogP contribution in [0.1, 0.15) is 38.7 Å². The van der Waals surface area contributed by atoms with Crippen LogP contribution in [0.3, 0.4) is 0 Å². The van der Waals surface area contributed by atoms with E-state index in [1.54, 1.807) is 26.8 Å². The summed E-state index contributed by atoms with van der Waals surface area (Å²) in [7, 11) is 0. The molecule has 0 spiro atoms. The summed E-state index contributed by atoms with van der Waals surface area (Å²) >= 11 is 0. The first-order valence-corrected chi connectivity index (χ1v) is 7.53. The molecule has 126 valence electrons. The molecule has 0 saturated heterocycles. The van der Waals surface area contributed by atoms with Crippen molar-refractivity contribution in [2.75, 3.05) is 13.2 Å². The molecule has 1 aromatic rings. The summed E-state index contributed by atoms with van der Waals surface area (Å²) < 4.78 is 9.96. The number of nitrogens with zero attached hydrogens (tertiary/aromatic N) is 1. The van der Waals surface area contributed by atoms with Crippen molar-refractivity contribution in [2.24, 2.45) is 5.92 Å². The number of ether oxygens (including phenoxy) is 2. The highest BCUT2D eigenvalue weighted by Gasteiger charge is 2.37. The van der Waals surface area contributed by atoms with Crippen LogP contribution in [0.5, 0.6) is 0 Å². The van der Waals surface area contributed by atoms with Crippen molar-refractivity contribution >= 4 is 17.6 Å². The van der Waals surface area contributed by atoms with Gasteiger partial charge in [0.15, 0.2) is 5.92 Å². The van der Waals surface area contributed by atoms with Crippen molar-refractivity contribution < 1.29 is 24.0 Å². The molecular formula is C16H21NO6. The van der Waals surface area contributed by atoms with Gasteiger partial charge in [-0.25, -0.2) is 0 Å². The van der Waals surface area contributed by atoms with Crippen LogP contribution in [0.25, 0.3) is 0 Å². The number of esters is 2. The lowest BCUT2D eigenvalue weighted by Crippen LogP contribution is -2.33. The summed E-state index contributed by atoms with van der Waals surface area (Å²) in [6.07, 6.45) is 0.434. The van der Waals surface area contributed by atoms with E-state index in [-0.39, 0.29) is 18.9 Å². The number of carbonyl (C=O) groups excluding carboxylic acids is 2. The van der Waals surface area contributed by atoms with E-state index in [0.717, 1.165) is 0 Å². The number of hydrogen-bond donors (Lipinski definition) is 0. The predicted molar refractivity (Wildman–Crippen MR) is 82.9 cm³/mol. The summed E-state index contributed by atoms with van der Waals surface area (Å²) in [6.45, 7) is 5.37. The molecule has 0 aliphatic rings. The Morgan fingerprint density at radius 2 is 1.70 bits per heavy atom. The smallest absolute Gasteiger partial charge is 0.320 e. The summed E-state index contributed by atoms with van der Waals surface area (Å²) in [5.41, 5.74) is 0.445. The van der Waals surface area contributed by atoms with Gasteiger partial charge in [-0.2, -0.15) is 0 Å². The minimum atomic E-state index is -1.14. The number of carbonyl (C=O) groups is 2. The van der Waals surface area contributed by atoms with Crippen LogP contribution in [0.4, 0.5) is 5.69 Å². The fourth-order valence-corrected chi connectivity index (χ4v) is 2.42. The molecule has 7 heteroatoms. The van der Waals surface area contributed by atoms with Crippen molar-refractivity contribution in [3.8, 4) is 0 Å². The van der Waals surface area contributed by atoms with Crippen molar-refractivity contribution in [3.63, 3.8) is 0 Å². The van der Waals surface area contributed by atoms with Gasteiger partial charge in [0.2, 0.25) is 0 Å². The second-order valence-electron chi connectivity index (χ2n) is 4.85. The Balaban J connectivity index is 3.23. The van der Waals surface area contributed by atoms with Gasteiger partial charge in [-0.05, 0) is 25.8 Å². The maximum atomic E-state index is 12.2. The van der Waals surface area contributed by atoms with E-state index >= 15 is 0 Å². The highest BCUT2D eigenvalue weighted by molar-refractivity contribution is 5.96. The Hall–Kier alpha value is -2.44. The van der Waals surface area contributed by atoms with E-state index in [1.807, 2.05) is 0 Å². The molecule has 1 aromatic carbocycles. The van der Waals surface area contributed by atoms with Crippen LogP contribution in [-0.2, 0) is 19.1 Å². The molecule has 0 saturated carbocycles. The van der Waals surface area contributed by atoms with Gasteiger partial charge in [-0.1, -0.05) is 19.1 Å². The molecule has 7 nitrogen and oxygen atoms in total. The van der Waals surface area contributed by atoms with Crippen LogP contribution >= 0.6 is 0 Å². The molecule has 0 N–H and O–H groups in total. The zero-order valence-electron chi connectivity index (χ0n) is 13.5. The highest BCUT2D eigenvalue weighted by atomic mass is 16.6. The number of benzene rings is 1. The zero-order chi connectivity index (χ0) is 17.4. The van der Waals surface area contributed by atoms with Crippen molar-refractivity contribution in [1.29, 1.82) is 0 Å². The standard InChI is InChI=1S/C16H21NO6/c1-4-13(11-8-7-9-12(10-11)17(20)21)14(15(18)22-5-2)16(19)23-6-3/h7-10,13-14H,4-6H2,1-3H3. The number of nitro groups is 1. The van der Waals surface area contributed by atoms with E-state index < -0.39 is 28.7 Å². The van der Waals surface area contributed by atoms with Crippen LogP contribution < -0.4 is 0 Å². The number of nitro benzene ring substituents is 1. The van der Waals surface area contributed by atoms with Crippen LogP contribution in [-0.4, -0.2) is 30.1 Å². The second kappa shape index (κ2) is 8.87. The summed E-state index contributed by atoms with van der Waals surface area (Å²) in [6, 6.07) is 5.93. The average molecular weight is 323 g/mol. The lowest BCUT2D eigenvalue weighted by molar-refractivity contribution is -0.384. The van der Waals surface area contributed by atoms with Crippen molar-refractivity contribution in [1.82, 2.24) is 0 Å². The molecule has 0 radical (unpaired) electrons. The van der Waals surface area contributed by atoms with E-state index in [4.69, 9.17) is 9.47 Å². The third-order valence-corrected chi connectivity index (χ3v) is 3.43. The molecule has 1 unspecified atom stereocenters. The Kier molecular flexibility index (Phi) is 7.18. The van der Waals surface area contributed by atoms with Gasteiger partial charge in [-0.3, -0.25) is 19.7 Å². The first-order valence-electron chi connectivity index (χ1n) is 7.53. The molecule has 0 aliphatic heterocycles. The van der Waals surface area contributed by atoms with Gasteiger partial charge in [0.25, 0.3) is 5.69 Å². The third-order valence-electron chi connectivity index (χ3n) is 3.43. The Labute approximate surface area is 134 Å². The molecule has 1 rings (SSSR count). The lowest BCUT2D eigenvalue weighted by atomic mass is 9.83. The molecule has 0 heterocycles. The van der Waals surface area contributed by atoms with Crippen molar-refractivity contribution in [2.45, 2.75) is 33.1 Å². The maximum Gasteiger partial charge on any atom is 0.320 e. The fourth-order valence-electron chi connectivity index (χ4n) is 2.42. The van der Waals surface area contributed by atoms with E-state index in [9.17, 15) is 19.7 Å². The number of rotatable bonds is 8. The van der Waals surface area contributed by atoms with Crippen LogP contribution in [0.2, 0.25) is 0 Å². The molecule has 0 aliphatic carbocycles.